The number of hydroxylamine groups is 1. The molecule has 0 unspecified atom stereocenters. The largest absolute Gasteiger partial charge is 0.357 e. The summed E-state index contributed by atoms with van der Waals surface area (Å²) in [5.41, 5.74) is 1.95. The lowest BCUT2D eigenvalue weighted by Gasteiger charge is -2.19. The maximum atomic E-state index is 11.8. The van der Waals surface area contributed by atoms with Crippen LogP contribution in [0.4, 0.5) is 4.79 Å². The number of hydrogen-bond acceptors (Lipinski definition) is 5. The number of carbonyl (C=O) groups is 3. The number of likely N-dealkylation sites (N-methyl/N-ethyl adjacent to an activating group) is 1. The monoisotopic (exact) mass is 362 g/mol. The van der Waals surface area contributed by atoms with Gasteiger partial charge in [0, 0.05) is 25.8 Å². The molecule has 0 fully saturated rings. The molecule has 0 aliphatic carbocycles. The minimum atomic E-state index is -0.635. The predicted molar refractivity (Wildman–Crippen MR) is 95.7 cm³/mol. The highest BCUT2D eigenvalue weighted by atomic mass is 32.1. The summed E-state index contributed by atoms with van der Waals surface area (Å²) in [6.45, 7) is 5.94. The number of nitrogens with one attached hydrogen (secondary N) is 4. The molecule has 140 valence electrons. The number of rotatable bonds is 10. The topological polar surface area (TPSA) is 109 Å². The van der Waals surface area contributed by atoms with Crippen LogP contribution in [0.2, 0.25) is 0 Å². The van der Waals surface area contributed by atoms with Crippen LogP contribution in [-0.2, 0) is 14.4 Å². The standard InChI is InChI=1S/C15H30N4O4S/c1-15(2,3)23-19-12(20)8-6-5-7-11(13(21)16-4)18-14(22)17-9-10-24/h11,24H,5-10H2,1-4H3,(H,16,21)(H,19,20)(H2,17,18,22)/t11-/m0/s1. The average Bonchev–Trinajstić information content (AvgIpc) is 2.52. The molecule has 4 N–H and O–H groups in total. The Bertz CT molecular complexity index is 413. The predicted octanol–water partition coefficient (Wildman–Crippen LogP) is 0.737. The first-order chi connectivity index (χ1) is 11.2. The molecule has 0 aliphatic heterocycles. The molecule has 0 saturated carbocycles. The molecule has 24 heavy (non-hydrogen) atoms. The summed E-state index contributed by atoms with van der Waals surface area (Å²) in [5, 5.41) is 7.73. The van der Waals surface area contributed by atoms with E-state index in [2.05, 4.69) is 34.1 Å². The van der Waals surface area contributed by atoms with E-state index in [9.17, 15) is 14.4 Å². The van der Waals surface area contributed by atoms with Crippen LogP contribution in [0.15, 0.2) is 0 Å². The zero-order chi connectivity index (χ0) is 18.6. The van der Waals surface area contributed by atoms with Crippen molar-refractivity contribution in [1.82, 2.24) is 21.4 Å². The van der Waals surface area contributed by atoms with E-state index in [1.54, 1.807) is 0 Å². The number of carbonyl (C=O) groups excluding carboxylic acids is 3. The molecule has 0 saturated heterocycles. The molecule has 4 amide bonds. The Morgan fingerprint density at radius 3 is 2.38 bits per heavy atom. The van der Waals surface area contributed by atoms with Crippen LogP contribution in [0.25, 0.3) is 0 Å². The van der Waals surface area contributed by atoms with Crippen LogP contribution in [0, 0.1) is 0 Å². The lowest BCUT2D eigenvalue weighted by molar-refractivity contribution is -0.145. The van der Waals surface area contributed by atoms with Crippen LogP contribution in [0.1, 0.15) is 46.5 Å². The summed E-state index contributed by atoms with van der Waals surface area (Å²) >= 11 is 4.00. The van der Waals surface area contributed by atoms with E-state index >= 15 is 0 Å². The molecule has 0 aromatic heterocycles. The molecule has 0 heterocycles. The fourth-order valence-corrected chi connectivity index (χ4v) is 1.83. The van der Waals surface area contributed by atoms with Crippen molar-refractivity contribution in [3.63, 3.8) is 0 Å². The normalized spacial score (nSPS) is 12.2. The van der Waals surface area contributed by atoms with E-state index in [1.165, 1.54) is 7.05 Å². The van der Waals surface area contributed by atoms with E-state index in [-0.39, 0.29) is 11.8 Å². The summed E-state index contributed by atoms with van der Waals surface area (Å²) in [4.78, 5) is 40.2. The third-order valence-corrected chi connectivity index (χ3v) is 3.11. The van der Waals surface area contributed by atoms with E-state index in [0.717, 1.165) is 0 Å². The fraction of sp³-hybridized carbons (Fsp3) is 0.800. The molecule has 0 aliphatic rings. The minimum Gasteiger partial charge on any atom is -0.357 e. The first-order valence-corrected chi connectivity index (χ1v) is 8.66. The summed E-state index contributed by atoms with van der Waals surface area (Å²) in [6.07, 6.45) is 1.95. The van der Waals surface area contributed by atoms with Crippen LogP contribution in [0.3, 0.4) is 0 Å². The second-order valence-electron chi connectivity index (χ2n) is 6.28. The van der Waals surface area contributed by atoms with Crippen LogP contribution in [-0.4, -0.2) is 48.8 Å². The van der Waals surface area contributed by atoms with Crippen molar-refractivity contribution in [2.75, 3.05) is 19.3 Å². The van der Waals surface area contributed by atoms with Crippen LogP contribution in [0.5, 0.6) is 0 Å². The second kappa shape index (κ2) is 12.0. The lowest BCUT2D eigenvalue weighted by Crippen LogP contribution is -2.49. The van der Waals surface area contributed by atoms with E-state index < -0.39 is 17.7 Å². The Balaban J connectivity index is 4.12. The van der Waals surface area contributed by atoms with Crippen molar-refractivity contribution < 1.29 is 19.2 Å². The Hall–Kier alpha value is -1.48. The molecule has 0 bridgehead atoms. The minimum absolute atomic E-state index is 0.208. The van der Waals surface area contributed by atoms with E-state index in [1.807, 2.05) is 20.8 Å². The first kappa shape index (κ1) is 22.5. The maximum Gasteiger partial charge on any atom is 0.315 e. The van der Waals surface area contributed by atoms with Gasteiger partial charge in [-0.3, -0.25) is 14.4 Å². The average molecular weight is 362 g/mol. The van der Waals surface area contributed by atoms with E-state index in [4.69, 9.17) is 4.84 Å². The molecule has 8 nitrogen and oxygen atoms in total. The second-order valence-corrected chi connectivity index (χ2v) is 6.72. The van der Waals surface area contributed by atoms with Crippen molar-refractivity contribution >= 4 is 30.5 Å². The molecular weight excluding hydrogens is 332 g/mol. The summed E-state index contributed by atoms with van der Waals surface area (Å²) in [7, 11) is 1.51. The quantitative estimate of drug-likeness (QED) is 0.224. The van der Waals surface area contributed by atoms with Gasteiger partial charge in [0.2, 0.25) is 11.8 Å². The lowest BCUT2D eigenvalue weighted by atomic mass is 10.1. The summed E-state index contributed by atoms with van der Waals surface area (Å²) in [6, 6.07) is -1.04. The SMILES string of the molecule is CNC(=O)[C@H](CCCCC(=O)NOC(C)(C)C)NC(=O)NCCS. The molecule has 9 heteroatoms. The molecular formula is C15H30N4O4S. The number of hydrogen-bond donors (Lipinski definition) is 5. The molecule has 1 atom stereocenters. The van der Waals surface area contributed by atoms with Gasteiger partial charge in [-0.25, -0.2) is 10.3 Å². The Kier molecular flexibility index (Phi) is 11.2. The van der Waals surface area contributed by atoms with Gasteiger partial charge in [0.25, 0.3) is 0 Å². The van der Waals surface area contributed by atoms with Gasteiger partial charge in [0.1, 0.15) is 6.04 Å². The smallest absolute Gasteiger partial charge is 0.315 e. The number of thiol groups is 1. The van der Waals surface area contributed by atoms with Gasteiger partial charge in [-0.15, -0.1) is 0 Å². The number of amides is 4. The molecule has 0 radical (unpaired) electrons. The van der Waals surface area contributed by atoms with Crippen molar-refractivity contribution in [1.29, 1.82) is 0 Å². The third-order valence-electron chi connectivity index (χ3n) is 2.88. The van der Waals surface area contributed by atoms with Gasteiger partial charge in [-0.1, -0.05) is 6.42 Å². The van der Waals surface area contributed by atoms with Gasteiger partial charge < -0.3 is 16.0 Å². The Labute approximate surface area is 149 Å². The zero-order valence-corrected chi connectivity index (χ0v) is 15.8. The Morgan fingerprint density at radius 1 is 1.17 bits per heavy atom. The van der Waals surface area contributed by atoms with Crippen LogP contribution < -0.4 is 21.4 Å². The fourth-order valence-electron chi connectivity index (χ4n) is 1.72. The first-order valence-electron chi connectivity index (χ1n) is 8.03. The van der Waals surface area contributed by atoms with Gasteiger partial charge in [-0.05, 0) is 33.6 Å². The highest BCUT2D eigenvalue weighted by Crippen LogP contribution is 2.07. The third kappa shape index (κ3) is 12.0. The van der Waals surface area contributed by atoms with Crippen molar-refractivity contribution in [2.45, 2.75) is 58.1 Å². The number of unbranched alkanes of at least 4 members (excludes halogenated alkanes) is 1. The Morgan fingerprint density at radius 2 is 1.83 bits per heavy atom. The van der Waals surface area contributed by atoms with Crippen LogP contribution >= 0.6 is 12.6 Å². The summed E-state index contributed by atoms with van der Waals surface area (Å²) < 4.78 is 0. The van der Waals surface area contributed by atoms with Crippen molar-refractivity contribution in [3.05, 3.63) is 0 Å². The van der Waals surface area contributed by atoms with Gasteiger partial charge in [0.05, 0.1) is 5.60 Å². The molecule has 0 rings (SSSR count). The molecule has 0 spiro atoms. The maximum absolute atomic E-state index is 11.8. The van der Waals surface area contributed by atoms with Crippen molar-refractivity contribution in [2.24, 2.45) is 0 Å². The summed E-state index contributed by atoms with van der Waals surface area (Å²) in [5.74, 6) is 0.0431. The van der Waals surface area contributed by atoms with Gasteiger partial charge in [-0.2, -0.15) is 12.6 Å². The highest BCUT2D eigenvalue weighted by molar-refractivity contribution is 7.80. The van der Waals surface area contributed by atoms with Crippen molar-refractivity contribution in [3.8, 4) is 0 Å². The van der Waals surface area contributed by atoms with E-state index in [0.29, 0.717) is 38.0 Å². The highest BCUT2D eigenvalue weighted by Gasteiger charge is 2.19. The molecule has 0 aromatic rings. The molecule has 0 aromatic carbocycles. The van der Waals surface area contributed by atoms with Gasteiger partial charge >= 0.3 is 6.03 Å². The zero-order valence-electron chi connectivity index (χ0n) is 14.9. The number of urea groups is 1. The van der Waals surface area contributed by atoms with Gasteiger partial charge in [0.15, 0.2) is 0 Å².